The fourth-order valence-electron chi connectivity index (χ4n) is 2.88. The Morgan fingerprint density at radius 1 is 0.690 bits per heavy atom. The van der Waals surface area contributed by atoms with E-state index in [9.17, 15) is 8.42 Å². The van der Waals surface area contributed by atoms with E-state index in [1.165, 1.54) is 5.56 Å². The molecule has 3 nitrogen and oxygen atoms in total. The Kier molecular flexibility index (Phi) is 6.14. The number of allylic oxidation sites excluding steroid dienone is 2. The molecule has 0 atom stereocenters. The summed E-state index contributed by atoms with van der Waals surface area (Å²) in [5, 5.41) is 0. The summed E-state index contributed by atoms with van der Waals surface area (Å²) < 4.78 is 30.1. The van der Waals surface area contributed by atoms with Gasteiger partial charge in [0, 0.05) is 5.56 Å². The minimum atomic E-state index is -3.83. The van der Waals surface area contributed by atoms with Gasteiger partial charge in [-0.1, -0.05) is 77.4 Å². The zero-order valence-electron chi connectivity index (χ0n) is 17.2. The molecule has 4 heteroatoms. The molecule has 3 aromatic carbocycles. The van der Waals surface area contributed by atoms with Gasteiger partial charge in [-0.3, -0.25) is 0 Å². The molecule has 0 amide bonds. The van der Waals surface area contributed by atoms with Crippen LogP contribution in [0.5, 0.6) is 0 Å². The first kappa shape index (κ1) is 20.7. The standard InChI is InChI=1S/C25H25NO2S/c1-18-5-11-22(12-6-18)21(4)17-25(23-13-7-19(2)8-14-23)26-29(27,28)24-15-9-20(3)10-16-24/h5-17H,1-4H3/b21-17+,26-25?. The van der Waals surface area contributed by atoms with Gasteiger partial charge < -0.3 is 0 Å². The van der Waals surface area contributed by atoms with Crippen LogP contribution in [-0.2, 0) is 10.0 Å². The van der Waals surface area contributed by atoms with Crippen LogP contribution in [0.25, 0.3) is 5.57 Å². The zero-order chi connectivity index (χ0) is 21.0. The van der Waals surface area contributed by atoms with Gasteiger partial charge in [-0.05, 0) is 57.0 Å². The summed E-state index contributed by atoms with van der Waals surface area (Å²) in [7, 11) is -3.83. The van der Waals surface area contributed by atoms with Crippen molar-refractivity contribution in [3.8, 4) is 0 Å². The van der Waals surface area contributed by atoms with Crippen molar-refractivity contribution in [2.45, 2.75) is 32.6 Å². The Bertz CT molecular complexity index is 1150. The molecule has 3 aromatic rings. The molecule has 0 saturated carbocycles. The Morgan fingerprint density at radius 3 is 1.59 bits per heavy atom. The topological polar surface area (TPSA) is 46.5 Å². The average Bonchev–Trinajstić information content (AvgIpc) is 2.68. The normalized spacial score (nSPS) is 12.8. The second kappa shape index (κ2) is 8.58. The molecule has 0 unspecified atom stereocenters. The third-order valence-corrected chi connectivity index (χ3v) is 6.05. The number of hydrogen-bond acceptors (Lipinski definition) is 2. The molecule has 0 saturated heterocycles. The lowest BCUT2D eigenvalue weighted by atomic mass is 10.0. The first-order chi connectivity index (χ1) is 13.7. The highest BCUT2D eigenvalue weighted by Crippen LogP contribution is 2.20. The molecule has 148 valence electrons. The van der Waals surface area contributed by atoms with E-state index in [2.05, 4.69) is 4.40 Å². The zero-order valence-corrected chi connectivity index (χ0v) is 18.0. The van der Waals surface area contributed by atoms with Crippen LogP contribution in [0.1, 0.15) is 34.7 Å². The van der Waals surface area contributed by atoms with Crippen LogP contribution < -0.4 is 0 Å². The van der Waals surface area contributed by atoms with Crippen LogP contribution in [0.3, 0.4) is 0 Å². The van der Waals surface area contributed by atoms with Gasteiger partial charge in [0.25, 0.3) is 10.0 Å². The third-order valence-electron chi connectivity index (χ3n) is 4.74. The van der Waals surface area contributed by atoms with E-state index in [0.29, 0.717) is 5.71 Å². The summed E-state index contributed by atoms with van der Waals surface area (Å²) in [4.78, 5) is 0.189. The Labute approximate surface area is 173 Å². The van der Waals surface area contributed by atoms with E-state index in [0.717, 1.165) is 27.8 Å². The summed E-state index contributed by atoms with van der Waals surface area (Å²) in [6, 6.07) is 22.6. The monoisotopic (exact) mass is 403 g/mol. The fraction of sp³-hybridized carbons (Fsp3) is 0.160. The SMILES string of the molecule is C/C(=C\C(=NS(=O)(=O)c1ccc(C)cc1)c1ccc(C)cc1)c1ccc(C)cc1. The number of rotatable bonds is 5. The van der Waals surface area contributed by atoms with Gasteiger partial charge in [-0.2, -0.15) is 12.8 Å². The van der Waals surface area contributed by atoms with E-state index >= 15 is 0 Å². The first-order valence-electron chi connectivity index (χ1n) is 9.49. The first-order valence-corrected chi connectivity index (χ1v) is 10.9. The van der Waals surface area contributed by atoms with Crippen LogP contribution in [-0.4, -0.2) is 14.1 Å². The molecule has 0 heterocycles. The molecular weight excluding hydrogens is 378 g/mol. The summed E-state index contributed by atoms with van der Waals surface area (Å²) in [5.74, 6) is 0. The quantitative estimate of drug-likeness (QED) is 0.498. The van der Waals surface area contributed by atoms with Crippen molar-refractivity contribution < 1.29 is 8.42 Å². The van der Waals surface area contributed by atoms with Crippen LogP contribution >= 0.6 is 0 Å². The summed E-state index contributed by atoms with van der Waals surface area (Å²) in [5.41, 5.74) is 6.44. The molecule has 0 fully saturated rings. The van der Waals surface area contributed by atoms with Crippen LogP contribution in [0.15, 0.2) is 88.2 Å². The van der Waals surface area contributed by atoms with Gasteiger partial charge >= 0.3 is 0 Å². The lowest BCUT2D eigenvalue weighted by Gasteiger charge is -2.08. The molecule has 0 aliphatic carbocycles. The van der Waals surface area contributed by atoms with Crippen LogP contribution in [0, 0.1) is 20.8 Å². The smallest absolute Gasteiger partial charge is 0.199 e. The predicted octanol–water partition coefficient (Wildman–Crippen LogP) is 5.89. The number of aryl methyl sites for hydroxylation is 3. The van der Waals surface area contributed by atoms with E-state index in [4.69, 9.17) is 0 Å². The molecule has 0 N–H and O–H groups in total. The highest BCUT2D eigenvalue weighted by atomic mass is 32.2. The van der Waals surface area contributed by atoms with Gasteiger partial charge in [0.15, 0.2) is 0 Å². The van der Waals surface area contributed by atoms with E-state index in [1.807, 2.05) is 82.3 Å². The summed E-state index contributed by atoms with van der Waals surface area (Å²) >= 11 is 0. The van der Waals surface area contributed by atoms with E-state index in [1.54, 1.807) is 24.3 Å². The fourth-order valence-corrected chi connectivity index (χ4v) is 3.89. The van der Waals surface area contributed by atoms with Crippen molar-refractivity contribution in [2.24, 2.45) is 4.40 Å². The molecule has 3 rings (SSSR count). The highest BCUT2D eigenvalue weighted by Gasteiger charge is 2.15. The molecule has 0 radical (unpaired) electrons. The minimum Gasteiger partial charge on any atom is -0.199 e. The van der Waals surface area contributed by atoms with Crippen molar-refractivity contribution in [2.75, 3.05) is 0 Å². The summed E-state index contributed by atoms with van der Waals surface area (Å²) in [6.45, 7) is 7.92. The van der Waals surface area contributed by atoms with Gasteiger partial charge in [0.1, 0.15) is 0 Å². The third kappa shape index (κ3) is 5.30. The number of benzene rings is 3. The molecule has 0 spiro atoms. The van der Waals surface area contributed by atoms with E-state index < -0.39 is 10.0 Å². The molecule has 0 bridgehead atoms. The Hall–Kier alpha value is -2.98. The van der Waals surface area contributed by atoms with Gasteiger partial charge in [0.2, 0.25) is 0 Å². The predicted molar refractivity (Wildman–Crippen MR) is 121 cm³/mol. The number of nitrogens with zero attached hydrogens (tertiary/aromatic N) is 1. The molecule has 0 aliphatic heterocycles. The van der Waals surface area contributed by atoms with E-state index in [-0.39, 0.29) is 4.90 Å². The lowest BCUT2D eigenvalue weighted by molar-refractivity contribution is 0.598. The van der Waals surface area contributed by atoms with Crippen molar-refractivity contribution in [3.63, 3.8) is 0 Å². The average molecular weight is 404 g/mol. The highest BCUT2D eigenvalue weighted by molar-refractivity contribution is 7.90. The van der Waals surface area contributed by atoms with Crippen LogP contribution in [0.4, 0.5) is 0 Å². The van der Waals surface area contributed by atoms with Crippen molar-refractivity contribution >= 4 is 21.3 Å². The molecule has 29 heavy (non-hydrogen) atoms. The minimum absolute atomic E-state index is 0.189. The molecule has 0 aromatic heterocycles. The van der Waals surface area contributed by atoms with Crippen LogP contribution in [0.2, 0.25) is 0 Å². The number of hydrogen-bond donors (Lipinski definition) is 0. The number of sulfonamides is 1. The van der Waals surface area contributed by atoms with Gasteiger partial charge in [-0.15, -0.1) is 0 Å². The maximum absolute atomic E-state index is 12.9. The Balaban J connectivity index is 2.11. The van der Waals surface area contributed by atoms with Crippen molar-refractivity contribution in [1.82, 2.24) is 0 Å². The maximum atomic E-state index is 12.9. The van der Waals surface area contributed by atoms with Crippen molar-refractivity contribution in [1.29, 1.82) is 0 Å². The largest absolute Gasteiger partial charge is 0.282 e. The van der Waals surface area contributed by atoms with Gasteiger partial charge in [-0.25, -0.2) is 0 Å². The maximum Gasteiger partial charge on any atom is 0.282 e. The Morgan fingerprint density at radius 2 is 1.10 bits per heavy atom. The molecular formula is C25H25NO2S. The van der Waals surface area contributed by atoms with Crippen molar-refractivity contribution in [3.05, 3.63) is 107 Å². The molecule has 0 aliphatic rings. The second-order valence-electron chi connectivity index (χ2n) is 7.32. The lowest BCUT2D eigenvalue weighted by Crippen LogP contribution is -2.05. The summed E-state index contributed by atoms with van der Waals surface area (Å²) in [6.07, 6.45) is 1.83. The van der Waals surface area contributed by atoms with Gasteiger partial charge in [0.05, 0.1) is 10.6 Å². The second-order valence-corrected chi connectivity index (χ2v) is 8.93.